The molecule has 1 heterocycles. The molecule has 0 N–H and O–H groups in total. The number of benzene rings is 1. The van der Waals surface area contributed by atoms with Gasteiger partial charge in [0.05, 0.1) is 0 Å². The Hall–Kier alpha value is -0.860. The molecule has 2 heteroatoms. The third-order valence-electron chi connectivity index (χ3n) is 5.31. The van der Waals surface area contributed by atoms with Crippen LogP contribution in [0.4, 0.5) is 0 Å². The van der Waals surface area contributed by atoms with Crippen LogP contribution in [0.2, 0.25) is 0 Å². The molecule has 22 heavy (non-hydrogen) atoms. The molecule has 1 fully saturated rings. The number of piperazine rings is 1. The second-order valence-electron chi connectivity index (χ2n) is 7.86. The van der Waals surface area contributed by atoms with Crippen molar-refractivity contribution in [3.8, 4) is 0 Å². The zero-order chi connectivity index (χ0) is 16.3. The predicted molar refractivity (Wildman–Crippen MR) is 96.3 cm³/mol. The van der Waals surface area contributed by atoms with Crippen molar-refractivity contribution in [1.29, 1.82) is 0 Å². The molecule has 1 unspecified atom stereocenters. The van der Waals surface area contributed by atoms with E-state index in [0.29, 0.717) is 12.0 Å². The third-order valence-corrected chi connectivity index (χ3v) is 5.31. The highest BCUT2D eigenvalue weighted by Crippen LogP contribution is 2.26. The fourth-order valence-electron chi connectivity index (χ4n) is 3.43. The van der Waals surface area contributed by atoms with Gasteiger partial charge in [0.15, 0.2) is 0 Å². The van der Waals surface area contributed by atoms with E-state index in [9.17, 15) is 0 Å². The summed E-state index contributed by atoms with van der Waals surface area (Å²) in [6.07, 6.45) is 1.24. The smallest absolute Gasteiger partial charge is 0.0284 e. The van der Waals surface area contributed by atoms with Gasteiger partial charge >= 0.3 is 0 Å². The molecule has 2 nitrogen and oxygen atoms in total. The first-order chi connectivity index (χ1) is 10.3. The molecular formula is C20H34N2. The third kappa shape index (κ3) is 4.11. The van der Waals surface area contributed by atoms with Crippen molar-refractivity contribution >= 4 is 0 Å². The van der Waals surface area contributed by atoms with Gasteiger partial charge in [0.2, 0.25) is 0 Å². The Morgan fingerprint density at radius 1 is 1.14 bits per heavy atom. The van der Waals surface area contributed by atoms with Crippen molar-refractivity contribution in [2.45, 2.75) is 72.0 Å². The molecule has 1 aromatic rings. The minimum absolute atomic E-state index is 0.246. The minimum atomic E-state index is 0.246. The van der Waals surface area contributed by atoms with Crippen molar-refractivity contribution in [3.63, 3.8) is 0 Å². The van der Waals surface area contributed by atoms with E-state index in [1.54, 1.807) is 0 Å². The maximum atomic E-state index is 2.66. The van der Waals surface area contributed by atoms with Crippen LogP contribution in [0.25, 0.3) is 0 Å². The fraction of sp³-hybridized carbons (Fsp3) is 0.700. The summed E-state index contributed by atoms with van der Waals surface area (Å²) in [7, 11) is 0. The lowest BCUT2D eigenvalue weighted by atomic mass is 9.95. The summed E-state index contributed by atoms with van der Waals surface area (Å²) in [5.41, 5.74) is 3.15. The van der Waals surface area contributed by atoms with E-state index < -0.39 is 0 Å². The zero-order valence-corrected chi connectivity index (χ0v) is 15.4. The maximum Gasteiger partial charge on any atom is 0.0284 e. The topological polar surface area (TPSA) is 6.48 Å². The van der Waals surface area contributed by atoms with Crippen LogP contribution >= 0.6 is 0 Å². The van der Waals surface area contributed by atoms with Gasteiger partial charge in [0, 0.05) is 37.8 Å². The summed E-state index contributed by atoms with van der Waals surface area (Å²) in [4.78, 5) is 5.31. The highest BCUT2D eigenvalue weighted by atomic mass is 15.3. The summed E-state index contributed by atoms with van der Waals surface area (Å²) in [6, 6.07) is 9.84. The highest BCUT2D eigenvalue weighted by Gasteiger charge is 2.34. The first kappa shape index (κ1) is 17.5. The first-order valence-corrected chi connectivity index (χ1v) is 8.91. The monoisotopic (exact) mass is 302 g/mol. The van der Waals surface area contributed by atoms with Crippen molar-refractivity contribution < 1.29 is 0 Å². The SMILES string of the molecule is CCC(C)N1CCN(Cc2cccc(C(C)C)c2)C(C)(C)C1. The Balaban J connectivity index is 2.06. The number of rotatable bonds is 5. The van der Waals surface area contributed by atoms with Crippen molar-refractivity contribution in [2.75, 3.05) is 19.6 Å². The molecule has 2 rings (SSSR count). The Bertz CT molecular complexity index is 478. The molecule has 0 saturated carbocycles. The van der Waals surface area contributed by atoms with Crippen LogP contribution in [0.15, 0.2) is 24.3 Å². The minimum Gasteiger partial charge on any atom is -0.298 e. The van der Waals surface area contributed by atoms with E-state index in [4.69, 9.17) is 0 Å². The summed E-state index contributed by atoms with van der Waals surface area (Å²) >= 11 is 0. The second-order valence-corrected chi connectivity index (χ2v) is 7.86. The lowest BCUT2D eigenvalue weighted by Crippen LogP contribution is -2.60. The molecule has 0 aromatic heterocycles. The van der Waals surface area contributed by atoms with Crippen LogP contribution < -0.4 is 0 Å². The Kier molecular flexibility index (Phi) is 5.68. The number of nitrogens with zero attached hydrogens (tertiary/aromatic N) is 2. The van der Waals surface area contributed by atoms with E-state index in [0.717, 1.165) is 6.54 Å². The summed E-state index contributed by atoms with van der Waals surface area (Å²) in [5, 5.41) is 0. The Morgan fingerprint density at radius 3 is 2.45 bits per heavy atom. The van der Waals surface area contributed by atoms with E-state index in [1.807, 2.05) is 0 Å². The van der Waals surface area contributed by atoms with E-state index >= 15 is 0 Å². The maximum absolute atomic E-state index is 2.66. The summed E-state index contributed by atoms with van der Waals surface area (Å²) in [6.45, 7) is 18.6. The average molecular weight is 303 g/mol. The molecule has 1 aliphatic rings. The molecule has 124 valence electrons. The predicted octanol–water partition coefficient (Wildman–Crippen LogP) is 4.50. The van der Waals surface area contributed by atoms with Gasteiger partial charge in [-0.1, -0.05) is 45.0 Å². The van der Waals surface area contributed by atoms with Gasteiger partial charge in [-0.05, 0) is 44.2 Å². The van der Waals surface area contributed by atoms with Crippen molar-refractivity contribution in [1.82, 2.24) is 9.80 Å². The molecule has 0 amide bonds. The van der Waals surface area contributed by atoms with Crippen LogP contribution in [0, 0.1) is 0 Å². The lowest BCUT2D eigenvalue weighted by molar-refractivity contribution is -0.00288. The van der Waals surface area contributed by atoms with Gasteiger partial charge in [-0.2, -0.15) is 0 Å². The fourth-order valence-corrected chi connectivity index (χ4v) is 3.43. The molecule has 0 spiro atoms. The number of hydrogen-bond acceptors (Lipinski definition) is 2. The van der Waals surface area contributed by atoms with Crippen molar-refractivity contribution in [3.05, 3.63) is 35.4 Å². The zero-order valence-electron chi connectivity index (χ0n) is 15.4. The van der Waals surface area contributed by atoms with Crippen LogP contribution in [0.1, 0.15) is 65.0 Å². The van der Waals surface area contributed by atoms with E-state index in [-0.39, 0.29) is 5.54 Å². The highest BCUT2D eigenvalue weighted by molar-refractivity contribution is 5.26. The largest absolute Gasteiger partial charge is 0.298 e. The van der Waals surface area contributed by atoms with Crippen LogP contribution in [-0.2, 0) is 6.54 Å². The van der Waals surface area contributed by atoms with Crippen LogP contribution in [-0.4, -0.2) is 41.0 Å². The van der Waals surface area contributed by atoms with Gasteiger partial charge < -0.3 is 0 Å². The van der Waals surface area contributed by atoms with E-state index in [2.05, 4.69) is 75.6 Å². The van der Waals surface area contributed by atoms with Gasteiger partial charge in [0.25, 0.3) is 0 Å². The van der Waals surface area contributed by atoms with Gasteiger partial charge in [-0.3, -0.25) is 9.80 Å². The van der Waals surface area contributed by atoms with Gasteiger partial charge in [0.1, 0.15) is 0 Å². The van der Waals surface area contributed by atoms with Crippen LogP contribution in [0.3, 0.4) is 0 Å². The lowest BCUT2D eigenvalue weighted by Gasteiger charge is -2.49. The standard InChI is InChI=1S/C20H34N2/c1-7-17(4)21-11-12-22(20(5,6)15-21)14-18-9-8-10-19(13-18)16(2)3/h8-10,13,16-17H,7,11-12,14-15H2,1-6H3. The summed E-state index contributed by atoms with van der Waals surface area (Å²) in [5.74, 6) is 0.607. The number of hydrogen-bond donors (Lipinski definition) is 0. The Labute approximate surface area is 137 Å². The van der Waals surface area contributed by atoms with Crippen LogP contribution in [0.5, 0.6) is 0 Å². The van der Waals surface area contributed by atoms with Gasteiger partial charge in [-0.25, -0.2) is 0 Å². The molecule has 1 saturated heterocycles. The van der Waals surface area contributed by atoms with Crippen molar-refractivity contribution in [2.24, 2.45) is 0 Å². The molecule has 1 aromatic carbocycles. The summed E-state index contributed by atoms with van der Waals surface area (Å²) < 4.78 is 0. The van der Waals surface area contributed by atoms with E-state index in [1.165, 1.54) is 37.2 Å². The molecule has 0 aliphatic carbocycles. The molecule has 1 atom stereocenters. The molecular weight excluding hydrogens is 268 g/mol. The van der Waals surface area contributed by atoms with Gasteiger partial charge in [-0.15, -0.1) is 0 Å². The normalized spacial score (nSPS) is 21.2. The Morgan fingerprint density at radius 2 is 1.86 bits per heavy atom. The molecule has 0 bridgehead atoms. The molecule has 0 radical (unpaired) electrons. The average Bonchev–Trinajstić information content (AvgIpc) is 2.48. The molecule has 1 aliphatic heterocycles. The second kappa shape index (κ2) is 7.14. The quantitative estimate of drug-likeness (QED) is 0.790. The first-order valence-electron chi connectivity index (χ1n) is 8.91.